The van der Waals surface area contributed by atoms with Crippen LogP contribution < -0.4 is 4.90 Å². The minimum absolute atomic E-state index is 0.0698. The van der Waals surface area contributed by atoms with E-state index < -0.39 is 27.0 Å². The Bertz CT molecular complexity index is 685. The highest BCUT2D eigenvalue weighted by Gasteiger charge is 2.37. The number of para-hydroxylation sites is 1. The molecule has 1 rings (SSSR count). The van der Waals surface area contributed by atoms with Crippen LogP contribution in [0, 0.1) is 0 Å². The van der Waals surface area contributed by atoms with Crippen molar-refractivity contribution in [1.29, 1.82) is 0 Å². The molecule has 0 radical (unpaired) electrons. The Hall–Kier alpha value is -2.24. The molecule has 0 saturated carbocycles. The number of carbonyl (C=O) groups excluding carboxylic acids is 1. The average Bonchev–Trinajstić information content (AvgIpc) is 2.77. The predicted octanol–water partition coefficient (Wildman–Crippen LogP) is 2.68. The number of aliphatic hydroxyl groups excluding tert-OH is 1. The number of carbonyl (C=O) groups is 2. The van der Waals surface area contributed by atoms with Crippen molar-refractivity contribution in [3.8, 4) is 0 Å². The van der Waals surface area contributed by atoms with Gasteiger partial charge >= 0.3 is 20.9 Å². The number of hydrogen-bond acceptors (Lipinski definition) is 7. The molecule has 10 heteroatoms. The number of carboxylic acids is 1. The van der Waals surface area contributed by atoms with Crippen molar-refractivity contribution < 1.29 is 37.8 Å². The number of aliphatic hydroxyl groups is 1. The molecule has 2 N–H and O–H groups in total. The fraction of sp³-hybridized carbons (Fsp3) is 0.500. The number of carboxylic acid groups (broad SMARTS) is 1. The molecule has 1 amide bonds. The third-order valence-corrected chi connectivity index (χ3v) is 7.35. The molecule has 0 fully saturated rings. The topological polar surface area (TPSA) is 115 Å². The zero-order valence-corrected chi connectivity index (χ0v) is 18.9. The Morgan fingerprint density at radius 1 is 1.13 bits per heavy atom. The lowest BCUT2D eigenvalue weighted by atomic mass is 10.2. The number of amides is 1. The van der Waals surface area contributed by atoms with E-state index in [0.29, 0.717) is 24.7 Å². The van der Waals surface area contributed by atoms with Gasteiger partial charge in [-0.15, -0.1) is 0 Å². The molecular weight excluding hydrogens is 410 g/mol. The summed E-state index contributed by atoms with van der Waals surface area (Å²) < 4.78 is 21.5. The second kappa shape index (κ2) is 13.1. The summed E-state index contributed by atoms with van der Waals surface area (Å²) in [5.41, 5.74) is 0.770. The van der Waals surface area contributed by atoms with Crippen LogP contribution in [0.4, 0.5) is 10.5 Å². The van der Waals surface area contributed by atoms with Crippen molar-refractivity contribution in [3.05, 3.63) is 42.0 Å². The molecule has 1 aromatic rings. The van der Waals surface area contributed by atoms with Gasteiger partial charge in [-0.2, -0.15) is 0 Å². The van der Waals surface area contributed by atoms with E-state index in [2.05, 4.69) is 0 Å². The molecular formula is C20H31NO8Si. The normalized spacial score (nSPS) is 13.0. The van der Waals surface area contributed by atoms with E-state index in [1.54, 1.807) is 12.1 Å². The molecule has 1 unspecified atom stereocenters. The number of aliphatic carboxylic acids is 1. The first-order valence-corrected chi connectivity index (χ1v) is 11.4. The molecule has 168 valence electrons. The molecule has 9 nitrogen and oxygen atoms in total. The van der Waals surface area contributed by atoms with E-state index >= 15 is 0 Å². The molecule has 0 heterocycles. The second-order valence-corrected chi connectivity index (χ2v) is 9.64. The van der Waals surface area contributed by atoms with E-state index in [0.717, 1.165) is 0 Å². The van der Waals surface area contributed by atoms with Crippen molar-refractivity contribution in [2.24, 2.45) is 0 Å². The van der Waals surface area contributed by atoms with E-state index in [4.69, 9.17) is 23.1 Å². The highest BCUT2D eigenvalue weighted by atomic mass is 28.4. The number of anilines is 1. The van der Waals surface area contributed by atoms with Gasteiger partial charge < -0.3 is 28.2 Å². The highest BCUT2D eigenvalue weighted by Crippen LogP contribution is 2.19. The first kappa shape index (κ1) is 25.8. The fourth-order valence-corrected chi connectivity index (χ4v) is 4.36. The number of ether oxygens (including phenoxy) is 1. The standard InChI is InChI=1S/C20H31NO8Si/c1-16(19(23)24)11-12-18(22)15-29-20(25)21(17-9-6-5-7-10-17)13-8-14-30(26-2,27-3)28-4/h5-7,9-11,18,22H,8,12-15H2,1-4H3,(H,23,24). The lowest BCUT2D eigenvalue weighted by Crippen LogP contribution is -2.43. The van der Waals surface area contributed by atoms with E-state index in [-0.39, 0.29) is 18.6 Å². The molecule has 1 atom stereocenters. The van der Waals surface area contributed by atoms with Gasteiger partial charge in [0.2, 0.25) is 0 Å². The number of hydrogen-bond donors (Lipinski definition) is 2. The lowest BCUT2D eigenvalue weighted by Gasteiger charge is -2.27. The zero-order valence-electron chi connectivity index (χ0n) is 17.9. The van der Waals surface area contributed by atoms with Crippen molar-refractivity contribution >= 4 is 26.6 Å². The lowest BCUT2D eigenvalue weighted by molar-refractivity contribution is -0.132. The number of nitrogens with zero attached hydrogens (tertiary/aromatic N) is 1. The van der Waals surface area contributed by atoms with Gasteiger partial charge in [0.05, 0.1) is 6.10 Å². The number of benzene rings is 1. The highest BCUT2D eigenvalue weighted by molar-refractivity contribution is 6.60. The van der Waals surface area contributed by atoms with Crippen LogP contribution >= 0.6 is 0 Å². The SMILES string of the molecule is CO[Si](CCCN(C(=O)OCC(O)CC=C(C)C(=O)O)c1ccccc1)(OC)OC. The largest absolute Gasteiger partial charge is 0.500 e. The van der Waals surface area contributed by atoms with Gasteiger partial charge in [0, 0.05) is 45.2 Å². The summed E-state index contributed by atoms with van der Waals surface area (Å²) >= 11 is 0. The second-order valence-electron chi connectivity index (χ2n) is 6.54. The van der Waals surface area contributed by atoms with Crippen LogP contribution in [0.1, 0.15) is 19.8 Å². The van der Waals surface area contributed by atoms with Gasteiger partial charge in [0.25, 0.3) is 0 Å². The summed E-state index contributed by atoms with van der Waals surface area (Å²) in [6.07, 6.45) is 0.394. The Balaban J connectivity index is 2.73. The quantitative estimate of drug-likeness (QED) is 0.355. The maximum Gasteiger partial charge on any atom is 0.500 e. The van der Waals surface area contributed by atoms with E-state index in [1.165, 1.54) is 39.2 Å². The van der Waals surface area contributed by atoms with Gasteiger partial charge in [0.15, 0.2) is 0 Å². The smallest absolute Gasteiger partial charge is 0.478 e. The molecule has 0 aliphatic heterocycles. The Labute approximate surface area is 178 Å². The van der Waals surface area contributed by atoms with Gasteiger partial charge in [-0.05, 0) is 31.9 Å². The summed E-state index contributed by atoms with van der Waals surface area (Å²) in [6, 6.07) is 9.53. The summed E-state index contributed by atoms with van der Waals surface area (Å²) in [4.78, 5) is 24.9. The van der Waals surface area contributed by atoms with Crippen LogP contribution in [0.2, 0.25) is 6.04 Å². The van der Waals surface area contributed by atoms with E-state index in [1.807, 2.05) is 18.2 Å². The summed E-state index contributed by atoms with van der Waals surface area (Å²) in [6.45, 7) is 1.52. The third-order valence-electron chi connectivity index (χ3n) is 4.52. The van der Waals surface area contributed by atoms with Gasteiger partial charge in [-0.1, -0.05) is 24.3 Å². The molecule has 0 spiro atoms. The maximum absolute atomic E-state index is 12.7. The molecule has 0 aliphatic carbocycles. The van der Waals surface area contributed by atoms with Crippen LogP contribution in [0.25, 0.3) is 0 Å². The molecule has 0 aromatic heterocycles. The summed E-state index contributed by atoms with van der Waals surface area (Å²) in [7, 11) is 1.84. The zero-order chi connectivity index (χ0) is 22.6. The molecule has 1 aromatic carbocycles. The average molecular weight is 442 g/mol. The minimum atomic E-state index is -2.76. The third kappa shape index (κ3) is 8.25. The number of rotatable bonds is 13. The van der Waals surface area contributed by atoms with Crippen LogP contribution in [0.15, 0.2) is 42.0 Å². The molecule has 0 bridgehead atoms. The van der Waals surface area contributed by atoms with Crippen LogP contribution in [0.3, 0.4) is 0 Å². The molecule has 0 aliphatic rings. The Morgan fingerprint density at radius 3 is 2.27 bits per heavy atom. The predicted molar refractivity (Wildman–Crippen MR) is 113 cm³/mol. The molecule has 30 heavy (non-hydrogen) atoms. The van der Waals surface area contributed by atoms with Gasteiger partial charge in [-0.3, -0.25) is 4.90 Å². The maximum atomic E-state index is 12.7. The fourth-order valence-electron chi connectivity index (χ4n) is 2.66. The van der Waals surface area contributed by atoms with Crippen LogP contribution in [0.5, 0.6) is 0 Å². The first-order valence-electron chi connectivity index (χ1n) is 9.51. The summed E-state index contributed by atoms with van der Waals surface area (Å²) in [5, 5.41) is 18.8. The monoisotopic (exact) mass is 441 g/mol. The van der Waals surface area contributed by atoms with Crippen LogP contribution in [-0.2, 0) is 22.8 Å². The van der Waals surface area contributed by atoms with E-state index in [9.17, 15) is 14.7 Å². The minimum Gasteiger partial charge on any atom is -0.478 e. The Kier molecular flexibility index (Phi) is 11.3. The summed E-state index contributed by atoms with van der Waals surface area (Å²) in [5.74, 6) is -1.06. The van der Waals surface area contributed by atoms with Crippen molar-refractivity contribution in [2.75, 3.05) is 39.4 Å². The first-order chi connectivity index (χ1) is 14.3. The van der Waals surface area contributed by atoms with Crippen LogP contribution in [-0.4, -0.2) is 71.7 Å². The van der Waals surface area contributed by atoms with Crippen molar-refractivity contribution in [3.63, 3.8) is 0 Å². The van der Waals surface area contributed by atoms with Crippen molar-refractivity contribution in [2.45, 2.75) is 31.9 Å². The molecule has 0 saturated heterocycles. The van der Waals surface area contributed by atoms with Crippen molar-refractivity contribution in [1.82, 2.24) is 0 Å². The van der Waals surface area contributed by atoms with Gasteiger partial charge in [0.1, 0.15) is 6.61 Å². The van der Waals surface area contributed by atoms with Gasteiger partial charge in [-0.25, -0.2) is 9.59 Å². The Morgan fingerprint density at radius 2 is 1.73 bits per heavy atom.